The number of hydrogen-bond donors (Lipinski definition) is 0. The average molecular weight is 286 g/mol. The second-order valence-electron chi connectivity index (χ2n) is 5.31. The van der Waals surface area contributed by atoms with Crippen LogP contribution in [0.4, 0.5) is 0 Å². The molecule has 0 radical (unpaired) electrons. The molecule has 0 fully saturated rings. The molecule has 4 aromatic rings. The molecule has 100 valence electrons. The third-order valence-electron chi connectivity index (χ3n) is 4.03. The monoisotopic (exact) mass is 286 g/mol. The number of benzene rings is 4. The molecule has 0 saturated carbocycles. The van der Waals surface area contributed by atoms with E-state index in [1.165, 1.54) is 38.0 Å². The molecule has 0 aliphatic rings. The lowest BCUT2D eigenvalue weighted by Crippen LogP contribution is -1.98. The standard InChI is InChI=1S/C20H15P/c21-20-18-8-4-3-6-15(18)11-12-19(20)17-10-9-14-5-1-2-7-16(14)13-17/h1-13H,21H2. The highest BCUT2D eigenvalue weighted by atomic mass is 31.0. The summed E-state index contributed by atoms with van der Waals surface area (Å²) in [6.45, 7) is 0. The van der Waals surface area contributed by atoms with Gasteiger partial charge in [-0.3, -0.25) is 0 Å². The van der Waals surface area contributed by atoms with Crippen molar-refractivity contribution in [2.24, 2.45) is 0 Å². The van der Waals surface area contributed by atoms with Crippen LogP contribution in [0.25, 0.3) is 32.7 Å². The predicted octanol–water partition coefficient (Wildman–Crippen LogP) is 5.16. The molecule has 4 rings (SSSR count). The fourth-order valence-corrected chi connectivity index (χ4v) is 3.43. The summed E-state index contributed by atoms with van der Waals surface area (Å²) < 4.78 is 0. The lowest BCUT2D eigenvalue weighted by molar-refractivity contribution is 1.70. The van der Waals surface area contributed by atoms with Gasteiger partial charge in [-0.1, -0.05) is 72.8 Å². The van der Waals surface area contributed by atoms with E-state index in [2.05, 4.69) is 88.1 Å². The Morgan fingerprint density at radius 3 is 2.10 bits per heavy atom. The Morgan fingerprint density at radius 2 is 1.24 bits per heavy atom. The SMILES string of the molecule is Pc1c(-c2ccc3ccccc3c2)ccc2ccccc12. The fourth-order valence-electron chi connectivity index (χ4n) is 2.90. The van der Waals surface area contributed by atoms with Crippen LogP contribution in [0.5, 0.6) is 0 Å². The van der Waals surface area contributed by atoms with Crippen molar-refractivity contribution in [3.8, 4) is 11.1 Å². The largest absolute Gasteiger partial charge is 0.104 e. The second kappa shape index (κ2) is 4.98. The molecule has 0 aliphatic carbocycles. The summed E-state index contributed by atoms with van der Waals surface area (Å²) in [4.78, 5) is 0. The van der Waals surface area contributed by atoms with Crippen LogP contribution in [-0.2, 0) is 0 Å². The van der Waals surface area contributed by atoms with E-state index in [9.17, 15) is 0 Å². The molecule has 0 heterocycles. The topological polar surface area (TPSA) is 0 Å². The van der Waals surface area contributed by atoms with Crippen molar-refractivity contribution in [3.63, 3.8) is 0 Å². The van der Waals surface area contributed by atoms with Gasteiger partial charge in [0.1, 0.15) is 0 Å². The first-order valence-electron chi connectivity index (χ1n) is 7.09. The number of fused-ring (bicyclic) bond motifs is 2. The van der Waals surface area contributed by atoms with E-state index in [0.717, 1.165) is 0 Å². The van der Waals surface area contributed by atoms with Crippen molar-refractivity contribution >= 4 is 36.1 Å². The van der Waals surface area contributed by atoms with Crippen LogP contribution in [-0.4, -0.2) is 0 Å². The highest BCUT2D eigenvalue weighted by Gasteiger charge is 2.06. The van der Waals surface area contributed by atoms with Crippen molar-refractivity contribution in [1.82, 2.24) is 0 Å². The summed E-state index contributed by atoms with van der Waals surface area (Å²) >= 11 is 0. The Hall–Kier alpha value is -2.17. The van der Waals surface area contributed by atoms with Crippen LogP contribution in [0.3, 0.4) is 0 Å². The highest BCUT2D eigenvalue weighted by molar-refractivity contribution is 7.29. The fraction of sp³-hybridized carbons (Fsp3) is 0. The summed E-state index contributed by atoms with van der Waals surface area (Å²) in [5, 5.41) is 6.42. The minimum atomic E-state index is 1.27. The lowest BCUT2D eigenvalue weighted by atomic mass is 9.98. The van der Waals surface area contributed by atoms with Gasteiger partial charge in [-0.2, -0.15) is 0 Å². The van der Waals surface area contributed by atoms with Crippen molar-refractivity contribution in [2.75, 3.05) is 0 Å². The normalized spacial score (nSPS) is 11.1. The predicted molar refractivity (Wildman–Crippen MR) is 96.2 cm³/mol. The molecule has 0 nitrogen and oxygen atoms in total. The summed E-state index contributed by atoms with van der Waals surface area (Å²) in [5.74, 6) is 0. The van der Waals surface area contributed by atoms with E-state index in [0.29, 0.717) is 0 Å². The summed E-state index contributed by atoms with van der Waals surface area (Å²) in [6.07, 6.45) is 0. The minimum Gasteiger partial charge on any atom is -0.104 e. The van der Waals surface area contributed by atoms with Gasteiger partial charge in [-0.25, -0.2) is 0 Å². The molecule has 0 N–H and O–H groups in total. The van der Waals surface area contributed by atoms with E-state index in [4.69, 9.17) is 0 Å². The van der Waals surface area contributed by atoms with Gasteiger partial charge in [0.15, 0.2) is 0 Å². The highest BCUT2D eigenvalue weighted by Crippen LogP contribution is 2.27. The molecule has 0 amide bonds. The zero-order valence-corrected chi connectivity index (χ0v) is 12.7. The zero-order chi connectivity index (χ0) is 14.2. The third-order valence-corrected chi connectivity index (χ3v) is 4.65. The van der Waals surface area contributed by atoms with Gasteiger partial charge in [0.2, 0.25) is 0 Å². The van der Waals surface area contributed by atoms with Crippen LogP contribution in [0.15, 0.2) is 78.9 Å². The first-order valence-corrected chi connectivity index (χ1v) is 7.67. The minimum absolute atomic E-state index is 1.27. The molecule has 1 heteroatoms. The molecular weight excluding hydrogens is 271 g/mol. The average Bonchev–Trinajstić information content (AvgIpc) is 2.55. The molecule has 1 unspecified atom stereocenters. The molecule has 0 spiro atoms. The van der Waals surface area contributed by atoms with Gasteiger partial charge in [0.05, 0.1) is 0 Å². The van der Waals surface area contributed by atoms with E-state index >= 15 is 0 Å². The maximum Gasteiger partial charge on any atom is -0.0106 e. The van der Waals surface area contributed by atoms with Crippen molar-refractivity contribution < 1.29 is 0 Å². The van der Waals surface area contributed by atoms with E-state index in [-0.39, 0.29) is 0 Å². The van der Waals surface area contributed by atoms with Crippen LogP contribution < -0.4 is 5.30 Å². The molecule has 0 aliphatic heterocycles. The van der Waals surface area contributed by atoms with Crippen molar-refractivity contribution in [3.05, 3.63) is 78.9 Å². The zero-order valence-electron chi connectivity index (χ0n) is 11.6. The van der Waals surface area contributed by atoms with Gasteiger partial charge < -0.3 is 0 Å². The molecule has 21 heavy (non-hydrogen) atoms. The van der Waals surface area contributed by atoms with E-state index in [1.807, 2.05) is 0 Å². The van der Waals surface area contributed by atoms with Crippen LogP contribution >= 0.6 is 9.24 Å². The molecule has 0 bridgehead atoms. The quantitative estimate of drug-likeness (QED) is 0.424. The maximum atomic E-state index is 2.91. The van der Waals surface area contributed by atoms with Gasteiger partial charge in [-0.05, 0) is 44.0 Å². The number of hydrogen-bond acceptors (Lipinski definition) is 0. The summed E-state index contributed by atoms with van der Waals surface area (Å²) in [5.41, 5.74) is 2.55. The summed E-state index contributed by atoms with van der Waals surface area (Å²) in [6, 6.07) is 28.1. The first kappa shape index (κ1) is 12.6. The van der Waals surface area contributed by atoms with Crippen molar-refractivity contribution in [2.45, 2.75) is 0 Å². The van der Waals surface area contributed by atoms with Gasteiger partial charge >= 0.3 is 0 Å². The second-order valence-corrected chi connectivity index (χ2v) is 5.89. The van der Waals surface area contributed by atoms with E-state index < -0.39 is 0 Å². The van der Waals surface area contributed by atoms with Crippen LogP contribution in [0.2, 0.25) is 0 Å². The Morgan fingerprint density at radius 1 is 0.571 bits per heavy atom. The number of rotatable bonds is 1. The maximum absolute atomic E-state index is 2.91. The molecular formula is C20H15P. The Kier molecular flexibility index (Phi) is 2.98. The van der Waals surface area contributed by atoms with Crippen LogP contribution in [0, 0.1) is 0 Å². The van der Waals surface area contributed by atoms with Gasteiger partial charge in [0, 0.05) is 0 Å². The Labute approximate surface area is 126 Å². The molecule has 1 atom stereocenters. The van der Waals surface area contributed by atoms with Crippen LogP contribution in [0.1, 0.15) is 0 Å². The first-order chi connectivity index (χ1) is 10.3. The third kappa shape index (κ3) is 2.13. The Balaban J connectivity index is 1.97. The molecule has 0 saturated heterocycles. The lowest BCUT2D eigenvalue weighted by Gasteiger charge is -2.10. The summed E-state index contributed by atoms with van der Waals surface area (Å²) in [7, 11) is 2.91. The smallest absolute Gasteiger partial charge is 0.0106 e. The van der Waals surface area contributed by atoms with Crippen molar-refractivity contribution in [1.29, 1.82) is 0 Å². The van der Waals surface area contributed by atoms with E-state index in [1.54, 1.807) is 0 Å². The van der Waals surface area contributed by atoms with Gasteiger partial charge in [0.25, 0.3) is 0 Å². The Bertz CT molecular complexity index is 954. The van der Waals surface area contributed by atoms with Gasteiger partial charge in [-0.15, -0.1) is 9.24 Å². The molecule has 4 aromatic carbocycles. The molecule has 0 aromatic heterocycles.